The molecule has 113 valence electrons. The van der Waals surface area contributed by atoms with Crippen molar-refractivity contribution in [2.75, 3.05) is 36.5 Å². The van der Waals surface area contributed by atoms with Gasteiger partial charge in [-0.15, -0.1) is 0 Å². The molecule has 7 nitrogen and oxygen atoms in total. The van der Waals surface area contributed by atoms with Crippen LogP contribution in [-0.2, 0) is 4.74 Å². The number of nitrogens with one attached hydrogen (secondary N) is 1. The van der Waals surface area contributed by atoms with Crippen LogP contribution in [0.5, 0.6) is 0 Å². The highest BCUT2D eigenvalue weighted by atomic mass is 16.6. The average molecular weight is 299 g/mol. The van der Waals surface area contributed by atoms with Crippen molar-refractivity contribution in [3.8, 4) is 0 Å². The number of anilines is 3. The maximum Gasteiger partial charge on any atom is 0.311 e. The molecule has 1 fully saturated rings. The Morgan fingerprint density at radius 1 is 1.23 bits per heavy atom. The van der Waals surface area contributed by atoms with Gasteiger partial charge in [-0.1, -0.05) is 12.1 Å². The van der Waals surface area contributed by atoms with Gasteiger partial charge in [0.05, 0.1) is 18.1 Å². The summed E-state index contributed by atoms with van der Waals surface area (Å²) in [7, 11) is 0. The van der Waals surface area contributed by atoms with E-state index in [2.05, 4.69) is 21.3 Å². The fourth-order valence-corrected chi connectivity index (χ4v) is 2.26. The molecule has 1 aromatic heterocycles. The van der Waals surface area contributed by atoms with E-state index in [1.165, 1.54) is 6.07 Å². The first-order valence-corrected chi connectivity index (χ1v) is 6.95. The highest BCUT2D eigenvalue weighted by molar-refractivity contribution is 5.67. The number of rotatable bonds is 4. The van der Waals surface area contributed by atoms with E-state index < -0.39 is 4.92 Å². The molecule has 0 spiro atoms. The van der Waals surface area contributed by atoms with Gasteiger partial charge in [-0.25, -0.2) is 4.98 Å². The summed E-state index contributed by atoms with van der Waals surface area (Å²) < 4.78 is 5.31. The van der Waals surface area contributed by atoms with Crippen LogP contribution in [0.25, 0.3) is 0 Å². The lowest BCUT2D eigenvalue weighted by atomic mass is 10.3. The zero-order chi connectivity index (χ0) is 15.4. The molecule has 1 aliphatic heterocycles. The van der Waals surface area contributed by atoms with Gasteiger partial charge in [0, 0.05) is 24.8 Å². The molecule has 1 aromatic carbocycles. The van der Waals surface area contributed by atoms with Crippen LogP contribution in [0.15, 0.2) is 36.4 Å². The van der Waals surface area contributed by atoms with Crippen molar-refractivity contribution in [2.45, 2.75) is 0 Å². The van der Waals surface area contributed by atoms with Gasteiger partial charge in [0.1, 0.15) is 5.82 Å². The highest BCUT2D eigenvalue weighted by Gasteiger charge is 2.19. The van der Waals surface area contributed by atoms with Crippen LogP contribution in [0.3, 0.4) is 0 Å². The Hall–Kier alpha value is -2.67. The number of morpholine rings is 1. The van der Waals surface area contributed by atoms with Gasteiger partial charge in [-0.2, -0.15) is 0 Å². The molecule has 0 aliphatic carbocycles. The standard InChI is InChI=1S/C15H15N4O3/c20-19(21)13-6-7-14(18-8-10-22-11-9-18)17-15(13)16-12-4-2-1-3-5-12/h2-7H,8-11H2,(H,16,17). The number of benzene rings is 1. The molecule has 1 saturated heterocycles. The van der Waals surface area contributed by atoms with Crippen LogP contribution in [0.4, 0.5) is 23.0 Å². The van der Waals surface area contributed by atoms with E-state index in [0.29, 0.717) is 19.0 Å². The fraction of sp³-hybridized carbons (Fsp3) is 0.267. The Bertz CT molecular complexity index is 657. The molecule has 22 heavy (non-hydrogen) atoms. The lowest BCUT2D eigenvalue weighted by Crippen LogP contribution is -2.36. The zero-order valence-electron chi connectivity index (χ0n) is 11.9. The number of nitrogens with zero attached hydrogens (tertiary/aromatic N) is 3. The van der Waals surface area contributed by atoms with E-state index in [1.54, 1.807) is 30.3 Å². The largest absolute Gasteiger partial charge is 0.378 e. The maximum absolute atomic E-state index is 11.2. The molecule has 0 unspecified atom stereocenters. The third-order valence-electron chi connectivity index (χ3n) is 3.37. The number of aromatic nitrogens is 1. The van der Waals surface area contributed by atoms with E-state index in [-0.39, 0.29) is 11.5 Å². The second-order valence-corrected chi connectivity index (χ2v) is 4.81. The van der Waals surface area contributed by atoms with Crippen molar-refractivity contribution in [1.82, 2.24) is 4.98 Å². The molecule has 0 bridgehead atoms. The Balaban J connectivity index is 1.92. The predicted molar refractivity (Wildman–Crippen MR) is 82.5 cm³/mol. The monoisotopic (exact) mass is 299 g/mol. The first kappa shape index (κ1) is 14.3. The van der Waals surface area contributed by atoms with Crippen LogP contribution >= 0.6 is 0 Å². The highest BCUT2D eigenvalue weighted by Crippen LogP contribution is 2.28. The van der Waals surface area contributed by atoms with E-state index in [1.807, 2.05) is 0 Å². The van der Waals surface area contributed by atoms with Gasteiger partial charge in [0.25, 0.3) is 0 Å². The summed E-state index contributed by atoms with van der Waals surface area (Å²) in [6.45, 7) is 2.72. The summed E-state index contributed by atoms with van der Waals surface area (Å²) in [6.07, 6.45) is 0. The van der Waals surface area contributed by atoms with Crippen LogP contribution in [0.1, 0.15) is 0 Å². The Kier molecular flexibility index (Phi) is 4.15. The Morgan fingerprint density at radius 3 is 2.64 bits per heavy atom. The molecule has 3 rings (SSSR count). The molecule has 2 aromatic rings. The maximum atomic E-state index is 11.2. The fourth-order valence-electron chi connectivity index (χ4n) is 2.26. The van der Waals surface area contributed by atoms with E-state index in [4.69, 9.17) is 4.74 Å². The van der Waals surface area contributed by atoms with E-state index in [0.717, 1.165) is 18.8 Å². The number of nitro groups is 1. The number of hydrogen-bond donors (Lipinski definition) is 1. The van der Waals surface area contributed by atoms with Crippen molar-refractivity contribution in [2.24, 2.45) is 0 Å². The molecule has 1 radical (unpaired) electrons. The topological polar surface area (TPSA) is 80.5 Å². The average Bonchev–Trinajstić information content (AvgIpc) is 2.56. The minimum atomic E-state index is -0.437. The molecule has 0 saturated carbocycles. The SMILES string of the molecule is O=[N+]([O-])c1ccc(N2CCOCC2)nc1Nc1cc[c]cc1. The van der Waals surface area contributed by atoms with Gasteiger partial charge in [0.15, 0.2) is 0 Å². The number of hydrogen-bond acceptors (Lipinski definition) is 6. The molecule has 1 aliphatic rings. The molecule has 0 amide bonds. The third-order valence-corrected chi connectivity index (χ3v) is 3.37. The number of ether oxygens (including phenoxy) is 1. The van der Waals surface area contributed by atoms with Crippen LogP contribution in [0, 0.1) is 16.2 Å². The van der Waals surface area contributed by atoms with Gasteiger partial charge in [0.2, 0.25) is 5.82 Å². The number of pyridine rings is 1. The molecule has 1 N–H and O–H groups in total. The summed E-state index contributed by atoms with van der Waals surface area (Å²) >= 11 is 0. The lowest BCUT2D eigenvalue weighted by Gasteiger charge is -2.28. The molecular weight excluding hydrogens is 284 g/mol. The van der Waals surface area contributed by atoms with E-state index >= 15 is 0 Å². The van der Waals surface area contributed by atoms with Crippen molar-refractivity contribution >= 4 is 23.0 Å². The van der Waals surface area contributed by atoms with Crippen molar-refractivity contribution in [3.05, 3.63) is 52.6 Å². The molecule has 0 atom stereocenters. The van der Waals surface area contributed by atoms with Crippen LogP contribution < -0.4 is 10.2 Å². The van der Waals surface area contributed by atoms with Crippen LogP contribution in [0.2, 0.25) is 0 Å². The summed E-state index contributed by atoms with van der Waals surface area (Å²) in [6, 6.07) is 13.1. The van der Waals surface area contributed by atoms with Crippen molar-refractivity contribution in [3.63, 3.8) is 0 Å². The van der Waals surface area contributed by atoms with Crippen molar-refractivity contribution < 1.29 is 9.66 Å². The second-order valence-electron chi connectivity index (χ2n) is 4.81. The predicted octanol–water partition coefficient (Wildman–Crippen LogP) is 2.37. The summed E-state index contributed by atoms with van der Waals surface area (Å²) in [5, 5.41) is 14.2. The van der Waals surface area contributed by atoms with Gasteiger partial charge < -0.3 is 15.0 Å². The first-order chi connectivity index (χ1) is 10.7. The van der Waals surface area contributed by atoms with E-state index in [9.17, 15) is 10.1 Å². The van der Waals surface area contributed by atoms with Crippen molar-refractivity contribution in [1.29, 1.82) is 0 Å². The summed E-state index contributed by atoms with van der Waals surface area (Å²) in [5.41, 5.74) is 0.679. The molecule has 7 heteroatoms. The zero-order valence-corrected chi connectivity index (χ0v) is 11.9. The normalized spacial score (nSPS) is 14.6. The lowest BCUT2D eigenvalue weighted by molar-refractivity contribution is -0.384. The molecular formula is C15H15N4O3. The Morgan fingerprint density at radius 2 is 1.95 bits per heavy atom. The smallest absolute Gasteiger partial charge is 0.311 e. The Labute approximate surface area is 127 Å². The third kappa shape index (κ3) is 3.15. The van der Waals surface area contributed by atoms with Gasteiger partial charge in [-0.05, 0) is 24.3 Å². The minimum Gasteiger partial charge on any atom is -0.378 e. The summed E-state index contributed by atoms with van der Waals surface area (Å²) in [4.78, 5) is 17.2. The first-order valence-electron chi connectivity index (χ1n) is 6.95. The van der Waals surface area contributed by atoms with Crippen LogP contribution in [-0.4, -0.2) is 36.2 Å². The summed E-state index contributed by atoms with van der Waals surface area (Å²) in [5.74, 6) is 0.944. The van der Waals surface area contributed by atoms with Gasteiger partial charge in [-0.3, -0.25) is 10.1 Å². The quantitative estimate of drug-likeness (QED) is 0.689. The second kappa shape index (κ2) is 6.40. The minimum absolute atomic E-state index is 0.0511. The van der Waals surface area contributed by atoms with Gasteiger partial charge >= 0.3 is 5.69 Å². The molecule has 2 heterocycles.